The van der Waals surface area contributed by atoms with Crippen molar-refractivity contribution < 1.29 is 27.4 Å². The Morgan fingerprint density at radius 2 is 1.94 bits per heavy atom. The van der Waals surface area contributed by atoms with Gasteiger partial charge in [-0.05, 0) is 30.3 Å². The number of para-hydroxylation sites is 1. The lowest BCUT2D eigenvalue weighted by Crippen LogP contribution is -2.17. The van der Waals surface area contributed by atoms with Crippen LogP contribution in [0.2, 0.25) is 0 Å². The van der Waals surface area contributed by atoms with Crippen molar-refractivity contribution in [3.05, 3.63) is 64.2 Å². The number of H-pyrrole nitrogens is 1. The van der Waals surface area contributed by atoms with Crippen molar-refractivity contribution in [3.8, 4) is 5.75 Å². The molecule has 0 radical (unpaired) electrons. The van der Waals surface area contributed by atoms with Crippen LogP contribution in [-0.2, 0) is 22.1 Å². The van der Waals surface area contributed by atoms with E-state index in [0.717, 1.165) is 18.2 Å². The van der Waals surface area contributed by atoms with Crippen LogP contribution in [0.4, 0.5) is 18.9 Å². The van der Waals surface area contributed by atoms with Crippen LogP contribution in [0.5, 0.6) is 5.75 Å². The average molecular weight is 435 g/mol. The summed E-state index contributed by atoms with van der Waals surface area (Å²) in [6, 6.07) is 9.61. The van der Waals surface area contributed by atoms with Crippen molar-refractivity contribution in [2.45, 2.75) is 19.0 Å². The Morgan fingerprint density at radius 1 is 1.16 bits per heavy atom. The molecule has 1 aromatic heterocycles. The van der Waals surface area contributed by atoms with Gasteiger partial charge >= 0.3 is 6.18 Å². The molecule has 0 saturated heterocycles. The van der Waals surface area contributed by atoms with Crippen molar-refractivity contribution in [1.29, 1.82) is 0 Å². The van der Waals surface area contributed by atoms with Gasteiger partial charge in [0, 0.05) is 20.0 Å². The molecule has 3 aromatic rings. The summed E-state index contributed by atoms with van der Waals surface area (Å²) in [5, 5.41) is 2.88. The third kappa shape index (κ3) is 5.82. The molecule has 31 heavy (non-hydrogen) atoms. The molecule has 0 fully saturated rings. The summed E-state index contributed by atoms with van der Waals surface area (Å²) in [5.41, 5.74) is -0.848. The number of halogens is 3. The van der Waals surface area contributed by atoms with E-state index in [4.69, 9.17) is 9.47 Å². The number of carbonyl (C=O) groups is 1. The minimum absolute atomic E-state index is 0.0932. The van der Waals surface area contributed by atoms with E-state index in [1.165, 1.54) is 7.11 Å². The van der Waals surface area contributed by atoms with Gasteiger partial charge in [0.05, 0.1) is 28.8 Å². The quantitative estimate of drug-likeness (QED) is 0.528. The number of methoxy groups -OCH3 is 1. The maximum Gasteiger partial charge on any atom is 0.416 e. The highest BCUT2D eigenvalue weighted by Gasteiger charge is 2.31. The van der Waals surface area contributed by atoms with Crippen molar-refractivity contribution in [1.82, 2.24) is 9.97 Å². The number of amides is 1. The number of anilines is 1. The molecule has 1 amide bonds. The highest BCUT2D eigenvalue weighted by atomic mass is 19.4. The Balaban J connectivity index is 1.73. The zero-order valence-electron chi connectivity index (χ0n) is 16.6. The van der Waals surface area contributed by atoms with E-state index < -0.39 is 17.6 Å². The smallest absolute Gasteiger partial charge is 0.416 e. The number of rotatable bonds is 8. The molecule has 0 aliphatic rings. The molecule has 164 valence electrons. The first-order valence-electron chi connectivity index (χ1n) is 9.38. The molecule has 0 bridgehead atoms. The number of ether oxygens (including phenoxy) is 2. The van der Waals surface area contributed by atoms with Crippen LogP contribution in [0, 0.1) is 0 Å². The Labute approximate surface area is 175 Å². The van der Waals surface area contributed by atoms with Gasteiger partial charge < -0.3 is 19.8 Å². The number of aromatic nitrogens is 2. The van der Waals surface area contributed by atoms with Crippen LogP contribution >= 0.6 is 0 Å². The van der Waals surface area contributed by atoms with Crippen LogP contribution in [0.15, 0.2) is 47.3 Å². The SMILES string of the molecule is COCCOc1ccc(C(F)(F)F)cc1NC(=O)CCc1nc2ccccc2c(=O)[nH]1. The molecule has 0 aliphatic heterocycles. The molecule has 0 aliphatic carbocycles. The monoisotopic (exact) mass is 435 g/mol. The summed E-state index contributed by atoms with van der Waals surface area (Å²) in [6.45, 7) is 0.336. The van der Waals surface area contributed by atoms with Gasteiger partial charge in [-0.15, -0.1) is 0 Å². The molecular weight excluding hydrogens is 415 g/mol. The highest BCUT2D eigenvalue weighted by Crippen LogP contribution is 2.35. The number of carbonyl (C=O) groups excluding carboxylic acids is 1. The highest BCUT2D eigenvalue weighted by molar-refractivity contribution is 5.92. The maximum atomic E-state index is 13.1. The van der Waals surface area contributed by atoms with Crippen LogP contribution < -0.4 is 15.6 Å². The Bertz CT molecular complexity index is 1130. The number of alkyl halides is 3. The fourth-order valence-corrected chi connectivity index (χ4v) is 2.86. The molecule has 1 heterocycles. The van der Waals surface area contributed by atoms with Crippen molar-refractivity contribution >= 4 is 22.5 Å². The topological polar surface area (TPSA) is 93.3 Å². The van der Waals surface area contributed by atoms with Gasteiger partial charge in [0.15, 0.2) is 0 Å². The molecule has 0 atom stereocenters. The lowest BCUT2D eigenvalue weighted by Gasteiger charge is -2.15. The van der Waals surface area contributed by atoms with Crippen LogP contribution in [0.3, 0.4) is 0 Å². The summed E-state index contributed by atoms with van der Waals surface area (Å²) in [6.07, 6.45) is -4.57. The third-order valence-electron chi connectivity index (χ3n) is 4.38. The number of aromatic amines is 1. The number of aryl methyl sites for hydroxylation is 1. The summed E-state index contributed by atoms with van der Waals surface area (Å²) in [5.74, 6) is -0.151. The summed E-state index contributed by atoms with van der Waals surface area (Å²) >= 11 is 0. The Kier molecular flexibility index (Phi) is 6.91. The molecule has 0 unspecified atom stereocenters. The molecule has 0 saturated carbocycles. The zero-order valence-corrected chi connectivity index (χ0v) is 16.6. The van der Waals surface area contributed by atoms with Gasteiger partial charge in [-0.25, -0.2) is 4.98 Å². The normalized spacial score (nSPS) is 11.5. The second-order valence-electron chi connectivity index (χ2n) is 6.63. The molecular formula is C21H20F3N3O4. The number of benzene rings is 2. The van der Waals surface area contributed by atoms with E-state index >= 15 is 0 Å². The molecule has 2 aromatic carbocycles. The van der Waals surface area contributed by atoms with Gasteiger partial charge in [-0.3, -0.25) is 9.59 Å². The van der Waals surface area contributed by atoms with Crippen molar-refractivity contribution in [2.75, 3.05) is 25.6 Å². The minimum Gasteiger partial charge on any atom is -0.489 e. The predicted molar refractivity (Wildman–Crippen MR) is 108 cm³/mol. The number of fused-ring (bicyclic) bond motifs is 1. The largest absolute Gasteiger partial charge is 0.489 e. The number of nitrogens with one attached hydrogen (secondary N) is 2. The van der Waals surface area contributed by atoms with Gasteiger partial charge in [0.2, 0.25) is 5.91 Å². The Hall–Kier alpha value is -3.40. The van der Waals surface area contributed by atoms with Gasteiger partial charge in [-0.1, -0.05) is 12.1 Å². The first-order chi connectivity index (χ1) is 14.8. The number of hydrogen-bond donors (Lipinski definition) is 2. The second kappa shape index (κ2) is 9.61. The standard InChI is InChI=1S/C21H20F3N3O4/c1-30-10-11-31-17-7-6-13(21(22,23)24)12-16(17)26-19(28)9-8-18-25-15-5-3-2-4-14(15)20(29)27-18/h2-7,12H,8-11H2,1H3,(H,26,28)(H,25,27,29). The predicted octanol–water partition coefficient (Wildman–Crippen LogP) is 3.54. The number of hydrogen-bond acceptors (Lipinski definition) is 5. The van der Waals surface area contributed by atoms with E-state index in [9.17, 15) is 22.8 Å². The Morgan fingerprint density at radius 3 is 2.68 bits per heavy atom. The zero-order chi connectivity index (χ0) is 22.4. The molecule has 7 nitrogen and oxygen atoms in total. The van der Waals surface area contributed by atoms with E-state index in [0.29, 0.717) is 16.7 Å². The van der Waals surface area contributed by atoms with E-state index in [2.05, 4.69) is 15.3 Å². The van der Waals surface area contributed by atoms with Crippen molar-refractivity contribution in [3.63, 3.8) is 0 Å². The van der Waals surface area contributed by atoms with E-state index in [1.54, 1.807) is 24.3 Å². The second-order valence-corrected chi connectivity index (χ2v) is 6.63. The van der Waals surface area contributed by atoms with Gasteiger partial charge in [0.1, 0.15) is 18.2 Å². The minimum atomic E-state index is -4.57. The van der Waals surface area contributed by atoms with Crippen LogP contribution in [0.25, 0.3) is 10.9 Å². The summed E-state index contributed by atoms with van der Waals surface area (Å²) in [7, 11) is 1.46. The summed E-state index contributed by atoms with van der Waals surface area (Å²) < 4.78 is 49.5. The lowest BCUT2D eigenvalue weighted by atomic mass is 10.1. The first-order valence-corrected chi connectivity index (χ1v) is 9.38. The fourth-order valence-electron chi connectivity index (χ4n) is 2.86. The third-order valence-corrected chi connectivity index (χ3v) is 4.38. The van der Waals surface area contributed by atoms with Gasteiger partial charge in [0.25, 0.3) is 5.56 Å². The molecule has 10 heteroatoms. The fraction of sp³-hybridized carbons (Fsp3) is 0.286. The lowest BCUT2D eigenvalue weighted by molar-refractivity contribution is -0.137. The van der Waals surface area contributed by atoms with E-state index in [-0.39, 0.29) is 43.1 Å². The molecule has 3 rings (SSSR count). The molecule has 0 spiro atoms. The maximum absolute atomic E-state index is 13.1. The average Bonchev–Trinajstić information content (AvgIpc) is 2.73. The van der Waals surface area contributed by atoms with E-state index in [1.807, 2.05) is 0 Å². The summed E-state index contributed by atoms with van der Waals surface area (Å²) in [4.78, 5) is 31.4. The van der Waals surface area contributed by atoms with Crippen molar-refractivity contribution in [2.24, 2.45) is 0 Å². The number of nitrogens with zero attached hydrogens (tertiary/aromatic N) is 1. The van der Waals surface area contributed by atoms with Crippen LogP contribution in [-0.4, -0.2) is 36.2 Å². The van der Waals surface area contributed by atoms with Gasteiger partial charge in [-0.2, -0.15) is 13.2 Å². The molecule has 2 N–H and O–H groups in total. The van der Waals surface area contributed by atoms with Crippen LogP contribution in [0.1, 0.15) is 17.8 Å². The first kappa shape index (κ1) is 22.3.